The largest absolute Gasteiger partial charge is 0.504 e. The molecule has 0 amide bonds. The quantitative estimate of drug-likeness (QED) is 0.774. The number of phenols is 1. The van der Waals surface area contributed by atoms with Crippen molar-refractivity contribution in [2.24, 2.45) is 0 Å². The van der Waals surface area contributed by atoms with Gasteiger partial charge in [-0.05, 0) is 37.6 Å². The summed E-state index contributed by atoms with van der Waals surface area (Å²) < 4.78 is 5.08. The highest BCUT2D eigenvalue weighted by atomic mass is 16.5. The second kappa shape index (κ2) is 6.46. The molecule has 0 spiro atoms. The summed E-state index contributed by atoms with van der Waals surface area (Å²) in [7, 11) is 3.43. The summed E-state index contributed by atoms with van der Waals surface area (Å²) in [4.78, 5) is 0. The minimum absolute atomic E-state index is 0.00962. The van der Waals surface area contributed by atoms with Crippen LogP contribution in [0.4, 0.5) is 0 Å². The average molecular weight is 279 g/mol. The van der Waals surface area contributed by atoms with Crippen molar-refractivity contribution in [1.82, 2.24) is 5.32 Å². The minimum Gasteiger partial charge on any atom is -0.504 e. The van der Waals surface area contributed by atoms with Crippen LogP contribution in [0.3, 0.4) is 0 Å². The number of rotatable bonds is 5. The Kier molecular flexibility index (Phi) is 4.89. The van der Waals surface area contributed by atoms with E-state index in [0.717, 1.165) is 31.2 Å². The number of ether oxygens (including phenoxy) is 1. The van der Waals surface area contributed by atoms with Gasteiger partial charge in [0.2, 0.25) is 0 Å². The lowest BCUT2D eigenvalue weighted by molar-refractivity contribution is -0.0211. The molecular weight excluding hydrogens is 254 g/mol. The van der Waals surface area contributed by atoms with Crippen LogP contribution in [0.2, 0.25) is 0 Å². The molecule has 0 aliphatic heterocycles. The van der Waals surface area contributed by atoms with Crippen LogP contribution in [0.5, 0.6) is 11.5 Å². The van der Waals surface area contributed by atoms with Gasteiger partial charge in [-0.2, -0.15) is 0 Å². The average Bonchev–Trinajstić information content (AvgIpc) is 2.45. The fourth-order valence-corrected chi connectivity index (χ4v) is 3.26. The fourth-order valence-electron chi connectivity index (χ4n) is 3.26. The molecule has 1 fully saturated rings. The SMILES string of the molecule is CNCC(c1ccc(OC)c(O)c1)C1(O)CCCCC1. The number of aromatic hydroxyl groups is 1. The molecule has 4 nitrogen and oxygen atoms in total. The van der Waals surface area contributed by atoms with Gasteiger partial charge in [0.15, 0.2) is 11.5 Å². The van der Waals surface area contributed by atoms with Crippen LogP contribution < -0.4 is 10.1 Å². The Morgan fingerprint density at radius 3 is 2.55 bits per heavy atom. The number of benzene rings is 1. The van der Waals surface area contributed by atoms with Crippen molar-refractivity contribution in [2.45, 2.75) is 43.6 Å². The van der Waals surface area contributed by atoms with Crippen molar-refractivity contribution >= 4 is 0 Å². The molecule has 4 heteroatoms. The predicted molar refractivity (Wildman–Crippen MR) is 79.4 cm³/mol. The highest BCUT2D eigenvalue weighted by molar-refractivity contribution is 5.43. The molecule has 112 valence electrons. The Morgan fingerprint density at radius 2 is 2.00 bits per heavy atom. The minimum atomic E-state index is -0.678. The van der Waals surface area contributed by atoms with Crippen molar-refractivity contribution in [3.8, 4) is 11.5 Å². The second-order valence-electron chi connectivity index (χ2n) is 5.71. The zero-order chi connectivity index (χ0) is 14.6. The van der Waals surface area contributed by atoms with E-state index in [2.05, 4.69) is 5.32 Å². The molecule has 1 aliphatic carbocycles. The predicted octanol–water partition coefficient (Wildman–Crippen LogP) is 2.40. The summed E-state index contributed by atoms with van der Waals surface area (Å²) in [5.41, 5.74) is 0.282. The number of aliphatic hydroxyl groups is 1. The van der Waals surface area contributed by atoms with Gasteiger partial charge in [0.1, 0.15) is 0 Å². The van der Waals surface area contributed by atoms with Gasteiger partial charge in [-0.25, -0.2) is 0 Å². The van der Waals surface area contributed by atoms with Gasteiger partial charge >= 0.3 is 0 Å². The summed E-state index contributed by atoms with van der Waals surface area (Å²) in [6.07, 6.45) is 4.98. The molecule has 1 unspecified atom stereocenters. The van der Waals surface area contributed by atoms with Crippen molar-refractivity contribution in [3.05, 3.63) is 23.8 Å². The summed E-state index contributed by atoms with van der Waals surface area (Å²) in [5.74, 6) is 0.586. The normalized spacial score (nSPS) is 19.6. The molecule has 1 aliphatic rings. The number of nitrogens with one attached hydrogen (secondary N) is 1. The first-order valence-corrected chi connectivity index (χ1v) is 7.34. The molecule has 20 heavy (non-hydrogen) atoms. The van der Waals surface area contributed by atoms with Crippen LogP contribution in [0, 0.1) is 0 Å². The zero-order valence-electron chi connectivity index (χ0n) is 12.4. The Morgan fingerprint density at radius 1 is 1.30 bits per heavy atom. The summed E-state index contributed by atoms with van der Waals surface area (Å²) >= 11 is 0. The van der Waals surface area contributed by atoms with Crippen LogP contribution in [0.25, 0.3) is 0 Å². The highest BCUT2D eigenvalue weighted by Crippen LogP contribution is 2.41. The molecule has 2 rings (SSSR count). The first-order chi connectivity index (χ1) is 9.60. The van der Waals surface area contributed by atoms with Gasteiger partial charge in [0, 0.05) is 12.5 Å². The molecule has 3 N–H and O–H groups in total. The molecule has 1 atom stereocenters. The third-order valence-corrected chi connectivity index (χ3v) is 4.38. The number of methoxy groups -OCH3 is 1. The molecular formula is C16H25NO3. The maximum absolute atomic E-state index is 11.0. The van der Waals surface area contributed by atoms with Gasteiger partial charge in [-0.1, -0.05) is 25.3 Å². The van der Waals surface area contributed by atoms with E-state index < -0.39 is 5.60 Å². The van der Waals surface area contributed by atoms with Crippen molar-refractivity contribution in [2.75, 3.05) is 20.7 Å². The van der Waals surface area contributed by atoms with E-state index in [4.69, 9.17) is 4.74 Å². The van der Waals surface area contributed by atoms with Gasteiger partial charge in [0.05, 0.1) is 12.7 Å². The number of hydrogen-bond acceptors (Lipinski definition) is 4. The maximum Gasteiger partial charge on any atom is 0.160 e. The number of phenolic OH excluding ortho intramolecular Hbond substituents is 1. The Labute approximate surface area is 120 Å². The lowest BCUT2D eigenvalue weighted by Gasteiger charge is -2.39. The first kappa shape index (κ1) is 15.1. The number of hydrogen-bond donors (Lipinski definition) is 3. The highest BCUT2D eigenvalue weighted by Gasteiger charge is 2.38. The van der Waals surface area contributed by atoms with Crippen LogP contribution in [0.1, 0.15) is 43.6 Å². The zero-order valence-corrected chi connectivity index (χ0v) is 12.4. The van der Waals surface area contributed by atoms with E-state index in [1.54, 1.807) is 12.1 Å². The summed E-state index contributed by atoms with van der Waals surface area (Å²) in [5, 5.41) is 24.1. The third kappa shape index (κ3) is 3.07. The van der Waals surface area contributed by atoms with Crippen molar-refractivity contribution in [1.29, 1.82) is 0 Å². The van der Waals surface area contributed by atoms with Crippen LogP contribution in [0.15, 0.2) is 18.2 Å². The van der Waals surface area contributed by atoms with Crippen LogP contribution in [-0.4, -0.2) is 36.5 Å². The second-order valence-corrected chi connectivity index (χ2v) is 5.71. The van der Waals surface area contributed by atoms with Crippen molar-refractivity contribution < 1.29 is 14.9 Å². The first-order valence-electron chi connectivity index (χ1n) is 7.34. The Hall–Kier alpha value is -1.26. The fraction of sp³-hybridized carbons (Fsp3) is 0.625. The van der Waals surface area contributed by atoms with E-state index in [1.807, 2.05) is 13.1 Å². The lowest BCUT2D eigenvalue weighted by Crippen LogP contribution is -2.42. The van der Waals surface area contributed by atoms with Gasteiger partial charge in [-0.15, -0.1) is 0 Å². The Bertz CT molecular complexity index is 441. The van der Waals surface area contributed by atoms with Crippen LogP contribution >= 0.6 is 0 Å². The Balaban J connectivity index is 2.30. The summed E-state index contributed by atoms with van der Waals surface area (Å²) in [6, 6.07) is 5.42. The maximum atomic E-state index is 11.0. The molecule has 0 radical (unpaired) electrons. The smallest absolute Gasteiger partial charge is 0.160 e. The van der Waals surface area contributed by atoms with Gasteiger partial charge < -0.3 is 20.3 Å². The molecule has 0 aromatic heterocycles. The van der Waals surface area contributed by atoms with E-state index in [9.17, 15) is 10.2 Å². The van der Waals surface area contributed by atoms with Gasteiger partial charge in [0.25, 0.3) is 0 Å². The van der Waals surface area contributed by atoms with Gasteiger partial charge in [-0.3, -0.25) is 0 Å². The monoisotopic (exact) mass is 279 g/mol. The number of likely N-dealkylation sites (N-methyl/N-ethyl adjacent to an activating group) is 1. The molecule has 0 heterocycles. The molecule has 1 aromatic rings. The van der Waals surface area contributed by atoms with E-state index >= 15 is 0 Å². The third-order valence-electron chi connectivity index (χ3n) is 4.38. The topological polar surface area (TPSA) is 61.7 Å². The van der Waals surface area contributed by atoms with E-state index in [1.165, 1.54) is 13.5 Å². The molecule has 1 saturated carbocycles. The molecule has 0 bridgehead atoms. The van der Waals surface area contributed by atoms with Crippen molar-refractivity contribution in [3.63, 3.8) is 0 Å². The molecule has 0 saturated heterocycles. The van der Waals surface area contributed by atoms with Crippen LogP contribution in [-0.2, 0) is 0 Å². The molecule has 1 aromatic carbocycles. The lowest BCUT2D eigenvalue weighted by atomic mass is 9.72. The summed E-state index contributed by atoms with van der Waals surface area (Å²) in [6.45, 7) is 0.697. The van der Waals surface area contributed by atoms with E-state index in [-0.39, 0.29) is 11.7 Å². The standard InChI is InChI=1S/C16H25NO3/c1-17-11-13(16(19)8-4-3-5-9-16)12-6-7-15(20-2)14(18)10-12/h6-7,10,13,17-19H,3-5,8-9,11H2,1-2H3. The van der Waals surface area contributed by atoms with E-state index in [0.29, 0.717) is 12.3 Å².